The Morgan fingerprint density at radius 3 is 0.906 bits per heavy atom. The number of alkyl halides is 2. The fraction of sp³-hybridized carbons (Fsp3) is 0.349. The first-order valence-corrected chi connectivity index (χ1v) is 22.8. The van der Waals surface area contributed by atoms with Gasteiger partial charge in [0.2, 0.25) is 0 Å². The van der Waals surface area contributed by atoms with Crippen LogP contribution in [0.25, 0.3) is 0 Å². The molecule has 0 nitrogen and oxygen atoms in total. The van der Waals surface area contributed by atoms with Crippen LogP contribution >= 0.6 is 39.0 Å². The minimum Gasteiger partial charge on any atom is -0.418 e. The van der Waals surface area contributed by atoms with Gasteiger partial charge in [-0.1, -0.05) is 97.1 Å². The van der Waals surface area contributed by atoms with Crippen molar-refractivity contribution in [3.8, 4) is 0 Å². The van der Waals surface area contributed by atoms with E-state index in [1.54, 1.807) is 21.2 Å². The van der Waals surface area contributed by atoms with E-state index in [1.165, 1.54) is 64.2 Å². The topological polar surface area (TPSA) is 0 Å². The maximum absolute atomic E-state index is 9.75. The van der Waals surface area contributed by atoms with Crippen LogP contribution in [0.2, 0.25) is 0 Å². The van der Waals surface area contributed by atoms with Crippen molar-refractivity contribution in [1.82, 2.24) is 0 Å². The molecule has 3 aliphatic carbocycles. The van der Waals surface area contributed by atoms with E-state index in [1.807, 2.05) is 0 Å². The molecule has 53 heavy (non-hydrogen) atoms. The summed E-state index contributed by atoms with van der Waals surface area (Å²) in [6, 6.07) is 46.2. The largest absolute Gasteiger partial charge is 0.673 e. The first-order valence-electron chi connectivity index (χ1n) is 18.6. The van der Waals surface area contributed by atoms with Gasteiger partial charge in [0.15, 0.2) is 0 Å². The van der Waals surface area contributed by atoms with E-state index >= 15 is 0 Å². The maximum Gasteiger partial charge on any atom is 0.673 e. The van der Waals surface area contributed by atoms with Crippen LogP contribution in [0.4, 0.5) is 17.3 Å². The maximum atomic E-state index is 9.75. The molecule has 4 atom stereocenters. The quantitative estimate of drug-likeness (QED) is 0.0570. The summed E-state index contributed by atoms with van der Waals surface area (Å²) in [5.41, 5.74) is 1.67. The van der Waals surface area contributed by atoms with Gasteiger partial charge in [-0.15, -0.1) is 23.2 Å². The van der Waals surface area contributed by atoms with Crippen LogP contribution in [0.5, 0.6) is 0 Å². The van der Waals surface area contributed by atoms with Gasteiger partial charge in [-0.2, -0.15) is 0 Å². The summed E-state index contributed by atoms with van der Waals surface area (Å²) in [6.45, 7) is 0. The van der Waals surface area contributed by atoms with Crippen LogP contribution in [-0.2, 0) is 19.5 Å². The molecule has 7 rings (SSSR count). The summed E-state index contributed by atoms with van der Waals surface area (Å²) >= 11 is 9.53. The van der Waals surface area contributed by atoms with Crippen molar-refractivity contribution in [1.29, 1.82) is 0 Å². The summed E-state index contributed by atoms with van der Waals surface area (Å²) in [5, 5.41) is 6.63. The van der Waals surface area contributed by atoms with Crippen molar-refractivity contribution in [2.75, 3.05) is 5.34 Å². The molecule has 4 aromatic carbocycles. The molecule has 0 heterocycles. The first-order chi connectivity index (χ1) is 25.3. The van der Waals surface area contributed by atoms with Crippen LogP contribution in [0.3, 0.4) is 0 Å². The molecule has 1 radical (unpaired) electrons. The Bertz CT molecular complexity index is 1370. The summed E-state index contributed by atoms with van der Waals surface area (Å²) in [6.07, 6.45) is 22.5. The van der Waals surface area contributed by atoms with Crippen LogP contribution in [-0.4, -0.2) is 23.9 Å². The summed E-state index contributed by atoms with van der Waals surface area (Å²) in [7, 11) is -7.65. The van der Waals surface area contributed by atoms with Gasteiger partial charge < -0.3 is 17.3 Å². The van der Waals surface area contributed by atoms with Gasteiger partial charge in [0.1, 0.15) is 0 Å². The summed E-state index contributed by atoms with van der Waals surface area (Å²) in [4.78, 5) is 0. The second-order valence-electron chi connectivity index (χ2n) is 13.4. The average molecular weight is 891 g/mol. The fourth-order valence-corrected chi connectivity index (χ4v) is 15.5. The molecule has 0 N–H and O–H groups in total. The number of allylic oxidation sites excluding steroid dienone is 4. The van der Waals surface area contributed by atoms with Gasteiger partial charge >= 0.3 is 7.25 Å². The van der Waals surface area contributed by atoms with E-state index < -0.39 is 23.1 Å². The molecule has 0 amide bonds. The molecule has 10 heteroatoms. The van der Waals surface area contributed by atoms with Gasteiger partial charge in [0, 0.05) is 31.3 Å². The van der Waals surface area contributed by atoms with E-state index in [-0.39, 0.29) is 24.8 Å². The minimum absolute atomic E-state index is 0. The Balaban J connectivity index is 0.000000373. The average Bonchev–Trinajstić information content (AvgIpc) is 3.80. The van der Waals surface area contributed by atoms with Crippen molar-refractivity contribution >= 4 is 67.5 Å². The molecule has 2 saturated carbocycles. The van der Waals surface area contributed by atoms with Gasteiger partial charge in [-0.05, 0) is 113 Å². The first kappa shape index (κ1) is 45.6. The Morgan fingerprint density at radius 2 is 0.679 bits per heavy atom. The van der Waals surface area contributed by atoms with Crippen LogP contribution < -0.4 is 21.2 Å². The molecule has 0 bridgehead atoms. The van der Waals surface area contributed by atoms with Crippen LogP contribution in [0, 0.1) is 11.8 Å². The van der Waals surface area contributed by atoms with Crippen LogP contribution in [0.1, 0.15) is 64.2 Å². The van der Waals surface area contributed by atoms with Crippen molar-refractivity contribution in [3.05, 3.63) is 146 Å². The smallest absolute Gasteiger partial charge is 0.418 e. The van der Waals surface area contributed by atoms with Gasteiger partial charge in [-0.3, -0.25) is 0 Å². The van der Waals surface area contributed by atoms with Crippen LogP contribution in [0.15, 0.2) is 146 Å². The van der Waals surface area contributed by atoms with E-state index in [0.29, 0.717) is 0 Å². The van der Waals surface area contributed by atoms with E-state index in [2.05, 4.69) is 146 Å². The fourth-order valence-electron chi connectivity index (χ4n) is 8.24. The summed E-state index contributed by atoms with van der Waals surface area (Å²) in [5.74, 6) is 1.72. The second kappa shape index (κ2) is 25.4. The molecular formula is C43H52BCl2F4P2Rh+. The van der Waals surface area contributed by atoms with Gasteiger partial charge in [0.05, 0.1) is 53.7 Å². The molecule has 0 spiro atoms. The zero-order chi connectivity index (χ0) is 37.0. The third-order valence-electron chi connectivity index (χ3n) is 10.1. The minimum atomic E-state index is -6.00. The van der Waals surface area contributed by atoms with Gasteiger partial charge in [0.25, 0.3) is 0 Å². The number of rotatable bonds is 7. The van der Waals surface area contributed by atoms with E-state index in [9.17, 15) is 17.3 Å². The van der Waals surface area contributed by atoms with Crippen molar-refractivity contribution in [3.63, 3.8) is 0 Å². The molecule has 287 valence electrons. The SMILES string of the molecule is C1=C\CC/C=C\CC/1.ClCCl.F[B-](F)(F)F.[Rh].c1ccc([PH+](c2ccccc2)[C@@H]2CCC[C@@H]2[C@H]2CCC[C@H]2[PH+](c2ccccc2)c2ccccc2)cc1. The molecule has 0 aliphatic heterocycles. The molecule has 0 aromatic heterocycles. The second-order valence-corrected chi connectivity index (χ2v) is 19.6. The zero-order valence-corrected chi connectivity index (χ0v) is 35.3. The third kappa shape index (κ3) is 15.7. The molecular weight excluding hydrogens is 839 g/mol. The monoisotopic (exact) mass is 890 g/mol. The number of benzene rings is 4. The Hall–Kier alpha value is -1.79. The number of halogens is 6. The van der Waals surface area contributed by atoms with E-state index in [0.717, 1.165) is 23.2 Å². The van der Waals surface area contributed by atoms with Crippen molar-refractivity contribution in [2.24, 2.45) is 11.8 Å². The Labute approximate surface area is 340 Å². The standard InChI is InChI=1S/C34H36P2.C8H12.CH2Cl2.BF4.Rh/c1-5-15-27(16-6-1)35(28-17-7-2-8-18-28)33-25-13-23-31(33)32-24-14-26-34(32)36(29-19-9-3-10-20-29)30-21-11-4-12-22-30;1-2-4-6-8-7-5-3-1;2-1-3;2-1(3,4)5;/h1-12,15-22,31-34H,13-14,23-26H2;1-2,7-8H,3-6H2;1H2;;/q;;;-1;/p+2/b;2-1-,8-7-;;;/t31-,32-,33-,34-;;;;/m1..../s1. The predicted molar refractivity (Wildman–Crippen MR) is 227 cm³/mol. The number of hydrogen-bond acceptors (Lipinski definition) is 0. The molecule has 0 saturated heterocycles. The van der Waals surface area contributed by atoms with Crippen molar-refractivity contribution in [2.45, 2.75) is 75.5 Å². The predicted octanol–water partition coefficient (Wildman–Crippen LogP) is 12.4. The van der Waals surface area contributed by atoms with Crippen molar-refractivity contribution < 1.29 is 36.7 Å². The molecule has 2 fully saturated rings. The summed E-state index contributed by atoms with van der Waals surface area (Å²) < 4.78 is 39.0. The Kier molecular flexibility index (Phi) is 21.8. The third-order valence-corrected chi connectivity index (χ3v) is 16.8. The molecule has 3 aliphatic rings. The molecule has 4 aromatic rings. The Morgan fingerprint density at radius 1 is 0.453 bits per heavy atom. The van der Waals surface area contributed by atoms with E-state index in [4.69, 9.17) is 23.2 Å². The number of hydrogen-bond donors (Lipinski definition) is 0. The molecule has 0 unspecified atom stereocenters. The van der Waals surface area contributed by atoms with Gasteiger partial charge in [-0.25, -0.2) is 0 Å². The normalized spacial score (nSPS) is 22.0. The zero-order valence-electron chi connectivity index (χ0n) is 30.1.